The van der Waals surface area contributed by atoms with Crippen LogP contribution in [0.25, 0.3) is 11.3 Å². The van der Waals surface area contributed by atoms with E-state index in [1.165, 1.54) is 6.07 Å². The Hall–Kier alpha value is -2.89. The van der Waals surface area contributed by atoms with Crippen LogP contribution in [0, 0.1) is 25.2 Å². The Labute approximate surface area is 164 Å². The van der Waals surface area contributed by atoms with Crippen molar-refractivity contribution in [3.63, 3.8) is 0 Å². The molecule has 8 heteroatoms. The Morgan fingerprint density at radius 2 is 2.19 bits per heavy atom. The van der Waals surface area contributed by atoms with Crippen LogP contribution in [-0.2, 0) is 4.79 Å². The first-order valence-electron chi connectivity index (χ1n) is 8.05. The maximum Gasteiger partial charge on any atom is 0.249 e. The fraction of sp³-hybridized carbons (Fsp3) is 0.158. The minimum Gasteiger partial charge on any atom is -0.325 e. The number of thiazole rings is 1. The number of nitriles is 1. The topological polar surface area (TPSA) is 98.6 Å². The number of thioether (sulfide) groups is 1. The third-order valence-corrected chi connectivity index (χ3v) is 5.50. The number of hydrogen-bond donors (Lipinski definition) is 2. The van der Waals surface area contributed by atoms with E-state index in [2.05, 4.69) is 21.4 Å². The van der Waals surface area contributed by atoms with E-state index in [4.69, 9.17) is 0 Å². The lowest BCUT2D eigenvalue weighted by Gasteiger charge is -2.08. The Morgan fingerprint density at radius 3 is 2.89 bits per heavy atom. The third kappa shape index (κ3) is 4.64. The normalized spacial score (nSPS) is 10.4. The van der Waals surface area contributed by atoms with Crippen LogP contribution in [0.3, 0.4) is 0 Å². The monoisotopic (exact) mass is 396 g/mol. The van der Waals surface area contributed by atoms with Gasteiger partial charge in [-0.1, -0.05) is 23.9 Å². The molecule has 0 fully saturated rings. The molecule has 0 spiro atoms. The summed E-state index contributed by atoms with van der Waals surface area (Å²) in [6.07, 6.45) is 0. The summed E-state index contributed by atoms with van der Waals surface area (Å²) in [6.45, 7) is 3.64. The van der Waals surface area contributed by atoms with Crippen molar-refractivity contribution in [3.05, 3.63) is 62.2 Å². The lowest BCUT2D eigenvalue weighted by atomic mass is 10.1. The van der Waals surface area contributed by atoms with Crippen LogP contribution in [0.2, 0.25) is 0 Å². The second kappa shape index (κ2) is 8.20. The maximum atomic E-state index is 12.3. The maximum absolute atomic E-state index is 12.3. The summed E-state index contributed by atoms with van der Waals surface area (Å²) in [6, 6.07) is 10.9. The Kier molecular flexibility index (Phi) is 5.74. The molecular formula is C19H16N4O2S2. The van der Waals surface area contributed by atoms with Crippen LogP contribution in [-0.4, -0.2) is 21.6 Å². The van der Waals surface area contributed by atoms with E-state index in [-0.39, 0.29) is 17.2 Å². The largest absolute Gasteiger partial charge is 0.325 e. The number of carbonyl (C=O) groups is 1. The summed E-state index contributed by atoms with van der Waals surface area (Å²) in [4.78, 5) is 31.0. The van der Waals surface area contributed by atoms with Crippen LogP contribution < -0.4 is 10.9 Å². The zero-order valence-corrected chi connectivity index (χ0v) is 16.3. The molecule has 0 radical (unpaired) electrons. The number of nitrogens with zero attached hydrogens (tertiary/aromatic N) is 2. The van der Waals surface area contributed by atoms with Gasteiger partial charge < -0.3 is 10.3 Å². The lowest BCUT2D eigenvalue weighted by molar-refractivity contribution is -0.113. The van der Waals surface area contributed by atoms with Crippen molar-refractivity contribution in [1.29, 1.82) is 5.26 Å². The molecule has 3 rings (SSSR count). The minimum absolute atomic E-state index is 0.0775. The number of carbonyl (C=O) groups excluding carboxylic acids is 1. The number of pyridine rings is 1. The van der Waals surface area contributed by atoms with Crippen LogP contribution in [0.4, 0.5) is 5.69 Å². The molecule has 27 heavy (non-hydrogen) atoms. The van der Waals surface area contributed by atoms with Crippen molar-refractivity contribution in [2.45, 2.75) is 18.9 Å². The number of benzene rings is 1. The smallest absolute Gasteiger partial charge is 0.249 e. The van der Waals surface area contributed by atoms with Crippen LogP contribution >= 0.6 is 23.1 Å². The van der Waals surface area contributed by atoms with Gasteiger partial charge in [0.2, 0.25) is 11.5 Å². The second-order valence-corrected chi connectivity index (χ2v) is 7.85. The predicted molar refractivity (Wildman–Crippen MR) is 108 cm³/mol. The van der Waals surface area contributed by atoms with Crippen molar-refractivity contribution in [3.8, 4) is 17.3 Å². The molecule has 0 atom stereocenters. The van der Waals surface area contributed by atoms with Gasteiger partial charge in [-0.3, -0.25) is 9.59 Å². The summed E-state index contributed by atoms with van der Waals surface area (Å²) in [5.41, 5.74) is 3.16. The predicted octanol–water partition coefficient (Wildman–Crippen LogP) is 3.72. The van der Waals surface area contributed by atoms with Crippen molar-refractivity contribution in [2.24, 2.45) is 0 Å². The molecule has 1 amide bonds. The molecule has 0 saturated carbocycles. The fourth-order valence-electron chi connectivity index (χ4n) is 2.49. The summed E-state index contributed by atoms with van der Waals surface area (Å²) in [5, 5.41) is 15.4. The van der Waals surface area contributed by atoms with Gasteiger partial charge in [0.05, 0.1) is 27.0 Å². The summed E-state index contributed by atoms with van der Waals surface area (Å²) < 4.78 is 0. The quantitative estimate of drug-likeness (QED) is 0.641. The number of H-pyrrole nitrogens is 1. The van der Waals surface area contributed by atoms with Gasteiger partial charge in [-0.25, -0.2) is 4.98 Å². The third-order valence-electron chi connectivity index (χ3n) is 3.73. The highest BCUT2D eigenvalue weighted by atomic mass is 32.2. The number of anilines is 1. The van der Waals surface area contributed by atoms with Gasteiger partial charge in [0.1, 0.15) is 6.07 Å². The standard InChI is InChI=1S/C19H16N4O2S2/c1-11-6-17(24)23-19(15(11)8-20)27-10-18(25)22-14-5-3-4-13(7-14)16-9-26-12(2)21-16/h3-7,9H,10H2,1-2H3,(H,22,25)(H,23,24). The molecule has 3 aromatic rings. The first kappa shape index (κ1) is 18.9. The van der Waals surface area contributed by atoms with Crippen molar-refractivity contribution in [2.75, 3.05) is 11.1 Å². The number of aromatic amines is 1. The molecule has 2 heterocycles. The molecule has 0 aliphatic rings. The highest BCUT2D eigenvalue weighted by molar-refractivity contribution is 8.00. The Morgan fingerprint density at radius 1 is 1.37 bits per heavy atom. The van der Waals surface area contributed by atoms with Gasteiger partial charge in [-0.05, 0) is 31.5 Å². The van der Waals surface area contributed by atoms with E-state index < -0.39 is 0 Å². The average Bonchev–Trinajstić information content (AvgIpc) is 3.06. The average molecular weight is 396 g/mol. The number of rotatable bonds is 5. The van der Waals surface area contributed by atoms with Crippen molar-refractivity contribution < 1.29 is 4.79 Å². The molecule has 0 unspecified atom stereocenters. The van der Waals surface area contributed by atoms with Gasteiger partial charge in [0.15, 0.2) is 0 Å². The molecule has 0 bridgehead atoms. The summed E-state index contributed by atoms with van der Waals surface area (Å²) >= 11 is 2.70. The number of hydrogen-bond acceptors (Lipinski definition) is 6. The van der Waals surface area contributed by atoms with Crippen molar-refractivity contribution in [1.82, 2.24) is 9.97 Å². The first-order valence-corrected chi connectivity index (χ1v) is 9.92. The molecule has 136 valence electrons. The van der Waals surface area contributed by atoms with Gasteiger partial charge in [-0.2, -0.15) is 5.26 Å². The molecule has 6 nitrogen and oxygen atoms in total. The Balaban J connectivity index is 1.69. The molecule has 0 aliphatic heterocycles. The molecule has 0 saturated heterocycles. The van der Waals surface area contributed by atoms with Crippen LogP contribution in [0.1, 0.15) is 16.1 Å². The lowest BCUT2D eigenvalue weighted by Crippen LogP contribution is -2.15. The molecule has 0 aliphatic carbocycles. The number of aromatic nitrogens is 2. The fourth-order valence-corrected chi connectivity index (χ4v) is 3.99. The molecule has 1 aromatic carbocycles. The minimum atomic E-state index is -0.291. The van der Waals surface area contributed by atoms with Gasteiger partial charge in [0, 0.05) is 22.7 Å². The highest BCUT2D eigenvalue weighted by Gasteiger charge is 2.11. The van der Waals surface area contributed by atoms with E-state index in [0.717, 1.165) is 28.0 Å². The zero-order valence-electron chi connectivity index (χ0n) is 14.7. The van der Waals surface area contributed by atoms with Crippen LogP contribution in [0.15, 0.2) is 45.5 Å². The van der Waals surface area contributed by atoms with E-state index in [1.54, 1.807) is 24.3 Å². The van der Waals surface area contributed by atoms with E-state index in [9.17, 15) is 14.9 Å². The summed E-state index contributed by atoms with van der Waals surface area (Å²) in [5.74, 6) is -0.147. The summed E-state index contributed by atoms with van der Waals surface area (Å²) in [7, 11) is 0. The van der Waals surface area contributed by atoms with Crippen LogP contribution in [0.5, 0.6) is 0 Å². The van der Waals surface area contributed by atoms with E-state index in [0.29, 0.717) is 21.8 Å². The number of nitrogens with one attached hydrogen (secondary N) is 2. The number of amides is 1. The molecule has 2 N–H and O–H groups in total. The second-order valence-electron chi connectivity index (χ2n) is 5.80. The molecular weight excluding hydrogens is 380 g/mol. The Bertz CT molecular complexity index is 1100. The first-order chi connectivity index (χ1) is 13.0. The van der Waals surface area contributed by atoms with Gasteiger partial charge >= 0.3 is 0 Å². The SMILES string of the molecule is Cc1nc(-c2cccc(NC(=O)CSc3[nH]c(=O)cc(C)c3C#N)c2)cs1. The van der Waals surface area contributed by atoms with E-state index in [1.807, 2.05) is 30.5 Å². The van der Waals surface area contributed by atoms with Gasteiger partial charge in [-0.15, -0.1) is 11.3 Å². The molecule has 2 aromatic heterocycles. The zero-order chi connectivity index (χ0) is 19.4. The number of aryl methyl sites for hydroxylation is 2. The van der Waals surface area contributed by atoms with E-state index >= 15 is 0 Å². The highest BCUT2D eigenvalue weighted by Crippen LogP contribution is 2.25. The van der Waals surface area contributed by atoms with Gasteiger partial charge in [0.25, 0.3) is 0 Å². The van der Waals surface area contributed by atoms with Crippen molar-refractivity contribution >= 4 is 34.7 Å².